The first-order valence-corrected chi connectivity index (χ1v) is 9.15. The van der Waals surface area contributed by atoms with Crippen LogP contribution in [0.25, 0.3) is 17.2 Å². The molecule has 0 aliphatic heterocycles. The van der Waals surface area contributed by atoms with E-state index in [9.17, 15) is 0 Å². The van der Waals surface area contributed by atoms with Crippen LogP contribution < -0.4 is 0 Å². The van der Waals surface area contributed by atoms with Crippen LogP contribution in [0.1, 0.15) is 35.0 Å². The minimum atomic E-state index is -0.0696. The van der Waals surface area contributed by atoms with Crippen LogP contribution in [0.5, 0.6) is 0 Å². The van der Waals surface area contributed by atoms with Crippen molar-refractivity contribution in [2.45, 2.75) is 38.1 Å². The van der Waals surface area contributed by atoms with Crippen LogP contribution in [0, 0.1) is 20.8 Å². The Kier molecular flexibility index (Phi) is 4.20. The van der Waals surface area contributed by atoms with Crippen molar-refractivity contribution in [2.75, 3.05) is 0 Å². The van der Waals surface area contributed by atoms with Gasteiger partial charge in [0.25, 0.3) is 5.78 Å². The van der Waals surface area contributed by atoms with Gasteiger partial charge in [-0.05, 0) is 45.9 Å². The number of rotatable bonds is 4. The summed E-state index contributed by atoms with van der Waals surface area (Å²) < 4.78 is 7.60. The van der Waals surface area contributed by atoms with Crippen LogP contribution >= 0.6 is 11.8 Å². The van der Waals surface area contributed by atoms with Gasteiger partial charge in [-0.15, -0.1) is 15.3 Å². The molecule has 0 spiro atoms. The number of aromatic nitrogens is 6. The third-order valence-corrected chi connectivity index (χ3v) is 4.87. The molecule has 0 amide bonds. The molecule has 0 aliphatic rings. The quantitative estimate of drug-likeness (QED) is 0.506. The Balaban J connectivity index is 1.57. The maximum atomic E-state index is 5.85. The molecule has 4 aromatic rings. The van der Waals surface area contributed by atoms with Crippen LogP contribution in [0.4, 0.5) is 0 Å². The molecule has 0 saturated heterocycles. The number of nitrogens with zero attached hydrogens (tertiary/aromatic N) is 6. The highest BCUT2D eigenvalue weighted by atomic mass is 32.2. The first-order valence-electron chi connectivity index (χ1n) is 8.28. The lowest BCUT2D eigenvalue weighted by molar-refractivity contribution is 0.509. The van der Waals surface area contributed by atoms with Crippen molar-refractivity contribution in [2.24, 2.45) is 0 Å². The van der Waals surface area contributed by atoms with Crippen molar-refractivity contribution < 1.29 is 4.42 Å². The Labute approximate surface area is 154 Å². The predicted octanol–water partition coefficient (Wildman–Crippen LogP) is 3.95. The molecule has 3 heterocycles. The summed E-state index contributed by atoms with van der Waals surface area (Å²) >= 11 is 1.47. The molecule has 0 unspecified atom stereocenters. The maximum absolute atomic E-state index is 5.85. The van der Waals surface area contributed by atoms with Gasteiger partial charge in [0.1, 0.15) is 0 Å². The first kappa shape index (κ1) is 16.7. The summed E-state index contributed by atoms with van der Waals surface area (Å²) in [4.78, 5) is 8.90. The molecule has 26 heavy (non-hydrogen) atoms. The summed E-state index contributed by atoms with van der Waals surface area (Å²) in [6.07, 6.45) is 0. The largest absolute Gasteiger partial charge is 0.419 e. The third-order valence-electron chi connectivity index (χ3n) is 3.93. The summed E-state index contributed by atoms with van der Waals surface area (Å²) in [5.74, 6) is 1.67. The molecule has 0 fully saturated rings. The van der Waals surface area contributed by atoms with E-state index in [1.165, 1.54) is 11.8 Å². The van der Waals surface area contributed by atoms with Gasteiger partial charge in [-0.1, -0.05) is 29.5 Å². The van der Waals surface area contributed by atoms with E-state index in [0.29, 0.717) is 22.7 Å². The van der Waals surface area contributed by atoms with E-state index < -0.39 is 0 Å². The number of hydrogen-bond donors (Lipinski definition) is 0. The number of fused-ring (bicyclic) bond motifs is 1. The molecule has 132 valence electrons. The standard InChI is InChI=1S/C18H18N6OS/c1-10-6-5-7-14(8-10)16-22-21-15(25-16)13(4)26-18-20-17-19-11(2)9-12(3)24(17)23-18/h5-9,13H,1-4H3/t13-/m0/s1. The Bertz CT molecular complexity index is 1090. The maximum Gasteiger partial charge on any atom is 0.253 e. The molecule has 1 atom stereocenters. The molecule has 8 heteroatoms. The van der Waals surface area contributed by atoms with Gasteiger partial charge in [-0.2, -0.15) is 4.98 Å². The topological polar surface area (TPSA) is 82.0 Å². The minimum absolute atomic E-state index is 0.0696. The van der Waals surface area contributed by atoms with Crippen LogP contribution in [0.3, 0.4) is 0 Å². The van der Waals surface area contributed by atoms with Crippen LogP contribution in [0.15, 0.2) is 39.9 Å². The molecule has 0 saturated carbocycles. The van der Waals surface area contributed by atoms with Crippen molar-refractivity contribution in [3.8, 4) is 11.5 Å². The Morgan fingerprint density at radius 2 is 1.92 bits per heavy atom. The Morgan fingerprint density at radius 1 is 1.08 bits per heavy atom. The highest BCUT2D eigenvalue weighted by Crippen LogP contribution is 2.33. The van der Waals surface area contributed by atoms with Gasteiger partial charge < -0.3 is 4.42 Å². The molecule has 7 nitrogen and oxygen atoms in total. The van der Waals surface area contributed by atoms with Gasteiger partial charge in [-0.25, -0.2) is 9.50 Å². The van der Waals surface area contributed by atoms with Crippen molar-refractivity contribution in [3.63, 3.8) is 0 Å². The van der Waals surface area contributed by atoms with E-state index in [1.54, 1.807) is 4.52 Å². The summed E-state index contributed by atoms with van der Waals surface area (Å²) in [6, 6.07) is 9.97. The molecule has 4 rings (SSSR count). The molecule has 1 aromatic carbocycles. The highest BCUT2D eigenvalue weighted by molar-refractivity contribution is 7.99. The highest BCUT2D eigenvalue weighted by Gasteiger charge is 2.19. The lowest BCUT2D eigenvalue weighted by Gasteiger charge is -2.02. The fourth-order valence-electron chi connectivity index (χ4n) is 2.70. The second-order valence-electron chi connectivity index (χ2n) is 6.22. The fourth-order valence-corrected chi connectivity index (χ4v) is 3.48. The summed E-state index contributed by atoms with van der Waals surface area (Å²) in [5, 5.41) is 13.4. The molecule has 0 bridgehead atoms. The molecule has 0 N–H and O–H groups in total. The summed E-state index contributed by atoms with van der Waals surface area (Å²) in [6.45, 7) is 7.96. The Hall–Kier alpha value is -2.74. The van der Waals surface area contributed by atoms with E-state index in [1.807, 2.05) is 58.0 Å². The van der Waals surface area contributed by atoms with E-state index in [0.717, 1.165) is 22.5 Å². The van der Waals surface area contributed by atoms with E-state index >= 15 is 0 Å². The monoisotopic (exact) mass is 366 g/mol. The predicted molar refractivity (Wildman–Crippen MR) is 99.0 cm³/mol. The first-order chi connectivity index (χ1) is 12.5. The van der Waals surface area contributed by atoms with Gasteiger partial charge >= 0.3 is 0 Å². The van der Waals surface area contributed by atoms with E-state index in [2.05, 4.69) is 25.3 Å². The van der Waals surface area contributed by atoms with E-state index in [4.69, 9.17) is 4.42 Å². The average molecular weight is 366 g/mol. The van der Waals surface area contributed by atoms with Crippen LogP contribution in [0.2, 0.25) is 0 Å². The van der Waals surface area contributed by atoms with Gasteiger partial charge in [0.2, 0.25) is 16.9 Å². The van der Waals surface area contributed by atoms with Gasteiger partial charge in [0, 0.05) is 17.0 Å². The van der Waals surface area contributed by atoms with Crippen LogP contribution in [-0.2, 0) is 0 Å². The van der Waals surface area contributed by atoms with Crippen molar-refractivity contribution in [1.29, 1.82) is 0 Å². The lowest BCUT2D eigenvalue weighted by Crippen LogP contribution is -1.97. The second kappa shape index (κ2) is 6.53. The SMILES string of the molecule is Cc1cccc(-c2nnc([C@H](C)Sc3nc4nc(C)cc(C)n4n3)o2)c1. The van der Waals surface area contributed by atoms with Crippen molar-refractivity contribution in [1.82, 2.24) is 29.8 Å². The zero-order valence-electron chi connectivity index (χ0n) is 15.0. The van der Waals surface area contributed by atoms with Gasteiger partial charge in [0.05, 0.1) is 5.25 Å². The third kappa shape index (κ3) is 3.20. The molecule has 3 aromatic heterocycles. The van der Waals surface area contributed by atoms with E-state index in [-0.39, 0.29) is 5.25 Å². The number of benzene rings is 1. The van der Waals surface area contributed by atoms with Crippen LogP contribution in [-0.4, -0.2) is 29.8 Å². The molecule has 0 aliphatic carbocycles. The average Bonchev–Trinajstić information content (AvgIpc) is 3.21. The Morgan fingerprint density at radius 3 is 2.73 bits per heavy atom. The zero-order valence-corrected chi connectivity index (χ0v) is 15.8. The van der Waals surface area contributed by atoms with Gasteiger partial charge in [0.15, 0.2) is 0 Å². The molecular weight excluding hydrogens is 348 g/mol. The normalized spacial score (nSPS) is 12.6. The zero-order chi connectivity index (χ0) is 18.3. The second-order valence-corrected chi connectivity index (χ2v) is 7.53. The molecular formula is C18H18N6OS. The smallest absolute Gasteiger partial charge is 0.253 e. The molecule has 0 radical (unpaired) electrons. The van der Waals surface area contributed by atoms with Crippen molar-refractivity contribution >= 4 is 17.5 Å². The summed E-state index contributed by atoms with van der Waals surface area (Å²) in [7, 11) is 0. The van der Waals surface area contributed by atoms with Crippen molar-refractivity contribution in [3.05, 3.63) is 53.2 Å². The fraction of sp³-hybridized carbons (Fsp3) is 0.278. The number of hydrogen-bond acceptors (Lipinski definition) is 7. The lowest BCUT2D eigenvalue weighted by atomic mass is 10.1. The minimum Gasteiger partial charge on any atom is -0.419 e. The van der Waals surface area contributed by atoms with Gasteiger partial charge in [-0.3, -0.25) is 0 Å². The summed E-state index contributed by atoms with van der Waals surface area (Å²) in [5.41, 5.74) is 3.99. The number of thioether (sulfide) groups is 1. The number of aryl methyl sites for hydroxylation is 3.